The second-order valence-electron chi connectivity index (χ2n) is 5.69. The van der Waals surface area contributed by atoms with E-state index in [0.717, 1.165) is 11.3 Å². The van der Waals surface area contributed by atoms with Crippen molar-refractivity contribution in [2.24, 2.45) is 0 Å². The SMILES string of the molecule is CCOc1ccccc1C(=O)N[C@H](C)c1ccc(-n2ccnc2)cc1. The second kappa shape index (κ2) is 7.66. The van der Waals surface area contributed by atoms with Crippen molar-refractivity contribution in [1.29, 1.82) is 0 Å². The minimum Gasteiger partial charge on any atom is -0.493 e. The van der Waals surface area contributed by atoms with Crippen LogP contribution in [-0.2, 0) is 0 Å². The Kier molecular flexibility index (Phi) is 5.14. The lowest BCUT2D eigenvalue weighted by Crippen LogP contribution is -2.27. The lowest BCUT2D eigenvalue weighted by Gasteiger charge is -2.16. The van der Waals surface area contributed by atoms with Crippen LogP contribution in [0.3, 0.4) is 0 Å². The van der Waals surface area contributed by atoms with Crippen LogP contribution in [0.5, 0.6) is 5.75 Å². The molecule has 0 radical (unpaired) electrons. The van der Waals surface area contributed by atoms with Gasteiger partial charge in [0.15, 0.2) is 0 Å². The fraction of sp³-hybridized carbons (Fsp3) is 0.200. The molecule has 0 spiro atoms. The summed E-state index contributed by atoms with van der Waals surface area (Å²) in [5.74, 6) is 0.459. The zero-order valence-electron chi connectivity index (χ0n) is 14.3. The van der Waals surface area contributed by atoms with Crippen LogP contribution in [0.4, 0.5) is 0 Å². The molecule has 0 aliphatic heterocycles. The molecular weight excluding hydrogens is 314 g/mol. The number of nitrogens with zero attached hydrogens (tertiary/aromatic N) is 2. The third-order valence-electron chi connectivity index (χ3n) is 3.97. The standard InChI is InChI=1S/C20H21N3O2/c1-3-25-19-7-5-4-6-18(19)20(24)22-15(2)16-8-10-17(11-9-16)23-13-12-21-14-23/h4-15H,3H2,1-2H3,(H,22,24)/t15-/m1/s1. The first-order chi connectivity index (χ1) is 12.2. The second-order valence-corrected chi connectivity index (χ2v) is 5.69. The van der Waals surface area contributed by atoms with Gasteiger partial charge in [0.2, 0.25) is 0 Å². The molecule has 0 bridgehead atoms. The highest BCUT2D eigenvalue weighted by Gasteiger charge is 2.15. The van der Waals surface area contributed by atoms with Gasteiger partial charge in [-0.1, -0.05) is 24.3 Å². The number of carbonyl (C=O) groups excluding carboxylic acids is 1. The molecule has 5 nitrogen and oxygen atoms in total. The van der Waals surface area contributed by atoms with Crippen LogP contribution in [0.25, 0.3) is 5.69 Å². The molecule has 0 fully saturated rings. The van der Waals surface area contributed by atoms with Crippen molar-refractivity contribution in [1.82, 2.24) is 14.9 Å². The molecular formula is C20H21N3O2. The first-order valence-corrected chi connectivity index (χ1v) is 8.30. The molecule has 1 heterocycles. The highest BCUT2D eigenvalue weighted by atomic mass is 16.5. The molecule has 3 aromatic rings. The highest BCUT2D eigenvalue weighted by Crippen LogP contribution is 2.20. The zero-order chi connectivity index (χ0) is 17.6. The fourth-order valence-corrected chi connectivity index (χ4v) is 2.64. The Labute approximate surface area is 147 Å². The third kappa shape index (κ3) is 3.88. The Morgan fingerprint density at radius 1 is 1.20 bits per heavy atom. The average Bonchev–Trinajstić information content (AvgIpc) is 3.17. The Morgan fingerprint density at radius 3 is 2.64 bits per heavy atom. The van der Waals surface area contributed by atoms with Gasteiger partial charge in [0, 0.05) is 18.1 Å². The Bertz CT molecular complexity index is 826. The first kappa shape index (κ1) is 16.8. The summed E-state index contributed by atoms with van der Waals surface area (Å²) in [6.07, 6.45) is 5.39. The summed E-state index contributed by atoms with van der Waals surface area (Å²) in [6, 6.07) is 15.2. The molecule has 1 aromatic heterocycles. The Balaban J connectivity index is 1.71. The summed E-state index contributed by atoms with van der Waals surface area (Å²) in [4.78, 5) is 16.6. The van der Waals surface area contributed by atoms with E-state index in [1.165, 1.54) is 0 Å². The van der Waals surface area contributed by atoms with Crippen molar-refractivity contribution in [2.75, 3.05) is 6.61 Å². The summed E-state index contributed by atoms with van der Waals surface area (Å²) >= 11 is 0. The maximum absolute atomic E-state index is 12.6. The van der Waals surface area contributed by atoms with Crippen LogP contribution in [0.15, 0.2) is 67.3 Å². The summed E-state index contributed by atoms with van der Waals surface area (Å²) in [5, 5.41) is 3.03. The number of nitrogens with one attached hydrogen (secondary N) is 1. The van der Waals surface area contributed by atoms with Gasteiger partial charge in [-0.2, -0.15) is 0 Å². The van der Waals surface area contributed by atoms with Gasteiger partial charge in [-0.25, -0.2) is 4.98 Å². The van der Waals surface area contributed by atoms with E-state index in [2.05, 4.69) is 10.3 Å². The smallest absolute Gasteiger partial charge is 0.255 e. The minimum atomic E-state index is -0.143. The van der Waals surface area contributed by atoms with Gasteiger partial charge in [-0.3, -0.25) is 4.79 Å². The fourth-order valence-electron chi connectivity index (χ4n) is 2.64. The molecule has 0 saturated heterocycles. The van der Waals surface area contributed by atoms with Gasteiger partial charge in [0.25, 0.3) is 5.91 Å². The van der Waals surface area contributed by atoms with Crippen LogP contribution in [-0.4, -0.2) is 22.1 Å². The van der Waals surface area contributed by atoms with E-state index in [-0.39, 0.29) is 11.9 Å². The molecule has 0 aliphatic rings. The maximum atomic E-state index is 12.6. The summed E-state index contributed by atoms with van der Waals surface area (Å²) < 4.78 is 7.47. The van der Waals surface area contributed by atoms with Crippen LogP contribution in [0, 0.1) is 0 Å². The summed E-state index contributed by atoms with van der Waals surface area (Å²) in [5.41, 5.74) is 2.61. The number of imidazole rings is 1. The van der Waals surface area contributed by atoms with Gasteiger partial charge in [0.05, 0.1) is 24.5 Å². The van der Waals surface area contributed by atoms with Crippen molar-refractivity contribution >= 4 is 5.91 Å². The van der Waals surface area contributed by atoms with Gasteiger partial charge < -0.3 is 14.6 Å². The summed E-state index contributed by atoms with van der Waals surface area (Å²) in [7, 11) is 0. The molecule has 0 saturated carbocycles. The number of para-hydroxylation sites is 1. The quantitative estimate of drug-likeness (QED) is 0.746. The third-order valence-corrected chi connectivity index (χ3v) is 3.97. The Hall–Kier alpha value is -3.08. The van der Waals surface area contributed by atoms with E-state index >= 15 is 0 Å². The molecule has 3 rings (SSSR count). The van der Waals surface area contributed by atoms with Crippen LogP contribution in [0.2, 0.25) is 0 Å². The normalized spacial score (nSPS) is 11.8. The van der Waals surface area contributed by atoms with E-state index in [4.69, 9.17) is 4.74 Å². The summed E-state index contributed by atoms with van der Waals surface area (Å²) in [6.45, 7) is 4.39. The predicted octanol–water partition coefficient (Wildman–Crippen LogP) is 3.76. The molecule has 2 aromatic carbocycles. The van der Waals surface area contributed by atoms with E-state index in [1.54, 1.807) is 18.6 Å². The van der Waals surface area contributed by atoms with E-state index < -0.39 is 0 Å². The number of hydrogen-bond donors (Lipinski definition) is 1. The van der Waals surface area contributed by atoms with Crippen molar-refractivity contribution in [3.63, 3.8) is 0 Å². The Morgan fingerprint density at radius 2 is 1.96 bits per heavy atom. The molecule has 0 aliphatic carbocycles. The number of amides is 1. The van der Waals surface area contributed by atoms with Crippen LogP contribution in [0.1, 0.15) is 35.8 Å². The molecule has 5 heteroatoms. The monoisotopic (exact) mass is 335 g/mol. The number of rotatable bonds is 6. The minimum absolute atomic E-state index is 0.112. The van der Waals surface area contributed by atoms with E-state index in [1.807, 2.05) is 67.1 Å². The number of carbonyl (C=O) groups is 1. The highest BCUT2D eigenvalue weighted by molar-refractivity contribution is 5.97. The molecule has 1 amide bonds. The lowest BCUT2D eigenvalue weighted by atomic mass is 10.1. The average molecular weight is 335 g/mol. The maximum Gasteiger partial charge on any atom is 0.255 e. The number of hydrogen-bond acceptors (Lipinski definition) is 3. The number of aromatic nitrogens is 2. The van der Waals surface area contributed by atoms with E-state index in [9.17, 15) is 4.79 Å². The molecule has 1 N–H and O–H groups in total. The van der Waals surface area contributed by atoms with Gasteiger partial charge in [-0.05, 0) is 43.7 Å². The van der Waals surface area contributed by atoms with Gasteiger partial charge >= 0.3 is 0 Å². The van der Waals surface area contributed by atoms with Crippen LogP contribution < -0.4 is 10.1 Å². The molecule has 0 unspecified atom stereocenters. The largest absolute Gasteiger partial charge is 0.493 e. The first-order valence-electron chi connectivity index (χ1n) is 8.30. The topological polar surface area (TPSA) is 56.1 Å². The number of benzene rings is 2. The van der Waals surface area contributed by atoms with Gasteiger partial charge in [0.1, 0.15) is 5.75 Å². The van der Waals surface area contributed by atoms with Crippen LogP contribution >= 0.6 is 0 Å². The zero-order valence-corrected chi connectivity index (χ0v) is 14.3. The molecule has 25 heavy (non-hydrogen) atoms. The molecule has 128 valence electrons. The molecule has 1 atom stereocenters. The van der Waals surface area contributed by atoms with E-state index in [0.29, 0.717) is 17.9 Å². The van der Waals surface area contributed by atoms with Crippen molar-refractivity contribution in [2.45, 2.75) is 19.9 Å². The van der Waals surface area contributed by atoms with Crippen molar-refractivity contribution in [3.8, 4) is 11.4 Å². The van der Waals surface area contributed by atoms with Crippen molar-refractivity contribution in [3.05, 3.63) is 78.4 Å². The lowest BCUT2D eigenvalue weighted by molar-refractivity contribution is 0.0936. The van der Waals surface area contributed by atoms with Crippen molar-refractivity contribution < 1.29 is 9.53 Å². The van der Waals surface area contributed by atoms with Gasteiger partial charge in [-0.15, -0.1) is 0 Å². The predicted molar refractivity (Wildman–Crippen MR) is 97.1 cm³/mol. The number of ether oxygens (including phenoxy) is 1.